The zero-order valence-corrected chi connectivity index (χ0v) is 16.3. The zero-order chi connectivity index (χ0) is 18.8. The van der Waals surface area contributed by atoms with E-state index in [1.165, 1.54) is 0 Å². The molecular formula is C21H17BrN4O. The molecule has 0 aliphatic heterocycles. The number of hydrogen-bond donors (Lipinski definition) is 1. The molecule has 2 aromatic carbocycles. The Morgan fingerprint density at radius 3 is 2.78 bits per heavy atom. The van der Waals surface area contributed by atoms with Crippen LogP contribution in [-0.2, 0) is 6.54 Å². The van der Waals surface area contributed by atoms with E-state index in [1.54, 1.807) is 10.9 Å². The molecule has 134 valence electrons. The lowest BCUT2D eigenvalue weighted by molar-refractivity contribution is 0.0952. The Morgan fingerprint density at radius 1 is 1.15 bits per heavy atom. The maximum absolute atomic E-state index is 12.8. The molecule has 6 heteroatoms. The number of carbonyl (C=O) groups excluding carboxylic acids is 1. The first-order chi connectivity index (χ1) is 13.1. The van der Waals surface area contributed by atoms with Crippen LogP contribution >= 0.6 is 15.9 Å². The van der Waals surface area contributed by atoms with Gasteiger partial charge >= 0.3 is 0 Å². The average Bonchev–Trinajstić information content (AvgIpc) is 3.15. The van der Waals surface area contributed by atoms with Crippen molar-refractivity contribution >= 4 is 32.7 Å². The number of fused-ring (bicyclic) bond motifs is 1. The molecule has 2 aromatic heterocycles. The summed E-state index contributed by atoms with van der Waals surface area (Å²) in [5, 5.41) is 8.18. The fourth-order valence-corrected chi connectivity index (χ4v) is 3.32. The van der Waals surface area contributed by atoms with Gasteiger partial charge in [0.1, 0.15) is 0 Å². The molecule has 0 bridgehead atoms. The molecular weight excluding hydrogens is 404 g/mol. The number of aromatic nitrogens is 3. The number of nitrogens with zero attached hydrogens (tertiary/aromatic N) is 3. The molecule has 1 amide bonds. The van der Waals surface area contributed by atoms with Gasteiger partial charge in [0, 0.05) is 33.9 Å². The molecule has 0 atom stereocenters. The van der Waals surface area contributed by atoms with Crippen LogP contribution in [0.3, 0.4) is 0 Å². The predicted molar refractivity (Wildman–Crippen MR) is 109 cm³/mol. The van der Waals surface area contributed by atoms with Gasteiger partial charge in [-0.05, 0) is 37.3 Å². The number of amides is 1. The minimum Gasteiger partial charge on any atom is -0.348 e. The Labute approximate surface area is 165 Å². The number of carbonyl (C=O) groups is 1. The monoisotopic (exact) mass is 420 g/mol. The number of halogens is 1. The summed E-state index contributed by atoms with van der Waals surface area (Å²) in [4.78, 5) is 17.3. The van der Waals surface area contributed by atoms with Crippen LogP contribution in [0.15, 0.2) is 71.5 Å². The van der Waals surface area contributed by atoms with Gasteiger partial charge in [-0.25, -0.2) is 4.68 Å². The van der Waals surface area contributed by atoms with Gasteiger partial charge in [0.25, 0.3) is 5.91 Å². The van der Waals surface area contributed by atoms with Crippen molar-refractivity contribution in [1.29, 1.82) is 0 Å². The number of aryl methyl sites for hydroxylation is 1. The van der Waals surface area contributed by atoms with Crippen LogP contribution < -0.4 is 5.32 Å². The fourth-order valence-electron chi connectivity index (χ4n) is 2.97. The van der Waals surface area contributed by atoms with Crippen molar-refractivity contribution in [2.45, 2.75) is 13.5 Å². The first-order valence-corrected chi connectivity index (χ1v) is 9.33. The lowest BCUT2D eigenvalue weighted by Crippen LogP contribution is -2.23. The lowest BCUT2D eigenvalue weighted by Gasteiger charge is -2.09. The first-order valence-electron chi connectivity index (χ1n) is 8.54. The van der Waals surface area contributed by atoms with Crippen molar-refractivity contribution in [2.24, 2.45) is 0 Å². The quantitative estimate of drug-likeness (QED) is 0.531. The molecule has 0 aliphatic carbocycles. The van der Waals surface area contributed by atoms with Crippen LogP contribution in [0.25, 0.3) is 16.6 Å². The van der Waals surface area contributed by atoms with Crippen molar-refractivity contribution in [3.05, 3.63) is 88.3 Å². The minimum absolute atomic E-state index is 0.125. The van der Waals surface area contributed by atoms with Crippen LogP contribution in [-0.4, -0.2) is 20.7 Å². The highest BCUT2D eigenvalue weighted by Gasteiger charge is 2.12. The van der Waals surface area contributed by atoms with Gasteiger partial charge in [-0.2, -0.15) is 5.10 Å². The molecule has 27 heavy (non-hydrogen) atoms. The topological polar surface area (TPSA) is 59.8 Å². The summed E-state index contributed by atoms with van der Waals surface area (Å²) in [6, 6.07) is 17.4. The standard InChI is InChI=1S/C21H17BrN4O/c1-14-9-19(18-8-7-16(22)10-20(18)25-14)21(27)23-11-15-12-24-26(13-15)17-5-3-2-4-6-17/h2-10,12-13H,11H2,1H3,(H,23,27). The summed E-state index contributed by atoms with van der Waals surface area (Å²) >= 11 is 3.45. The van der Waals surface area contributed by atoms with Gasteiger partial charge < -0.3 is 5.32 Å². The number of para-hydroxylation sites is 1. The highest BCUT2D eigenvalue weighted by atomic mass is 79.9. The van der Waals surface area contributed by atoms with Gasteiger partial charge in [-0.1, -0.05) is 40.2 Å². The van der Waals surface area contributed by atoms with Crippen LogP contribution in [0.5, 0.6) is 0 Å². The molecule has 0 unspecified atom stereocenters. The summed E-state index contributed by atoms with van der Waals surface area (Å²) in [5.74, 6) is -0.125. The molecule has 4 rings (SSSR count). The van der Waals surface area contributed by atoms with E-state index in [1.807, 2.05) is 67.7 Å². The molecule has 5 nitrogen and oxygen atoms in total. The maximum Gasteiger partial charge on any atom is 0.252 e. The van der Waals surface area contributed by atoms with Gasteiger partial charge in [0.15, 0.2) is 0 Å². The predicted octanol–water partition coefficient (Wildman–Crippen LogP) is 4.42. The minimum atomic E-state index is -0.125. The molecule has 0 saturated carbocycles. The van der Waals surface area contributed by atoms with E-state index < -0.39 is 0 Å². The van der Waals surface area contributed by atoms with E-state index in [2.05, 4.69) is 31.3 Å². The second kappa shape index (κ2) is 7.32. The lowest BCUT2D eigenvalue weighted by atomic mass is 10.1. The third kappa shape index (κ3) is 3.75. The molecule has 0 aliphatic rings. The fraction of sp³-hybridized carbons (Fsp3) is 0.0952. The zero-order valence-electron chi connectivity index (χ0n) is 14.7. The number of rotatable bonds is 4. The summed E-state index contributed by atoms with van der Waals surface area (Å²) in [7, 11) is 0. The first kappa shape index (κ1) is 17.4. The van der Waals surface area contributed by atoms with Gasteiger partial charge in [0.05, 0.1) is 23.0 Å². The Morgan fingerprint density at radius 2 is 1.96 bits per heavy atom. The number of nitrogens with one attached hydrogen (secondary N) is 1. The maximum atomic E-state index is 12.8. The Balaban J connectivity index is 1.54. The molecule has 0 radical (unpaired) electrons. The Bertz CT molecular complexity index is 1120. The molecule has 0 saturated heterocycles. The van der Waals surface area contributed by atoms with E-state index >= 15 is 0 Å². The van der Waals surface area contributed by atoms with E-state index in [4.69, 9.17) is 0 Å². The second-order valence-electron chi connectivity index (χ2n) is 6.28. The highest BCUT2D eigenvalue weighted by Crippen LogP contribution is 2.22. The number of hydrogen-bond acceptors (Lipinski definition) is 3. The normalized spacial score (nSPS) is 10.9. The second-order valence-corrected chi connectivity index (χ2v) is 7.20. The van der Waals surface area contributed by atoms with E-state index in [-0.39, 0.29) is 5.91 Å². The summed E-state index contributed by atoms with van der Waals surface area (Å²) in [6.45, 7) is 2.30. The smallest absolute Gasteiger partial charge is 0.252 e. The SMILES string of the molecule is Cc1cc(C(=O)NCc2cnn(-c3ccccc3)c2)c2ccc(Br)cc2n1. The van der Waals surface area contributed by atoms with Gasteiger partial charge in [0.2, 0.25) is 0 Å². The Hall–Kier alpha value is -2.99. The van der Waals surface area contributed by atoms with Crippen LogP contribution in [0.2, 0.25) is 0 Å². The van der Waals surface area contributed by atoms with Gasteiger partial charge in [-0.3, -0.25) is 9.78 Å². The van der Waals surface area contributed by atoms with Gasteiger partial charge in [-0.15, -0.1) is 0 Å². The molecule has 2 heterocycles. The van der Waals surface area contributed by atoms with Crippen LogP contribution in [0, 0.1) is 6.92 Å². The summed E-state index contributed by atoms with van der Waals surface area (Å²) in [5.41, 5.74) is 4.15. The Kier molecular flexibility index (Phi) is 4.73. The third-order valence-electron chi connectivity index (χ3n) is 4.25. The van der Waals surface area contributed by atoms with E-state index in [9.17, 15) is 4.79 Å². The van der Waals surface area contributed by atoms with Crippen molar-refractivity contribution in [3.63, 3.8) is 0 Å². The highest BCUT2D eigenvalue weighted by molar-refractivity contribution is 9.10. The molecule has 4 aromatic rings. The largest absolute Gasteiger partial charge is 0.348 e. The summed E-state index contributed by atoms with van der Waals surface area (Å²) in [6.07, 6.45) is 3.68. The van der Waals surface area contributed by atoms with Crippen molar-refractivity contribution in [2.75, 3.05) is 0 Å². The van der Waals surface area contributed by atoms with E-state index in [0.717, 1.165) is 32.3 Å². The van der Waals surface area contributed by atoms with Crippen molar-refractivity contribution < 1.29 is 4.79 Å². The third-order valence-corrected chi connectivity index (χ3v) is 4.75. The van der Waals surface area contributed by atoms with Crippen LogP contribution in [0.4, 0.5) is 0 Å². The molecule has 0 spiro atoms. The summed E-state index contributed by atoms with van der Waals surface area (Å²) < 4.78 is 2.73. The number of benzene rings is 2. The van der Waals surface area contributed by atoms with Crippen molar-refractivity contribution in [3.8, 4) is 5.69 Å². The average molecular weight is 421 g/mol. The van der Waals surface area contributed by atoms with Crippen molar-refractivity contribution in [1.82, 2.24) is 20.1 Å². The molecule has 0 fully saturated rings. The van der Waals surface area contributed by atoms with E-state index in [0.29, 0.717) is 12.1 Å². The molecule has 1 N–H and O–H groups in total. The van der Waals surface area contributed by atoms with Crippen LogP contribution in [0.1, 0.15) is 21.6 Å². The number of pyridine rings is 1.